The molecule has 0 fully saturated rings. The van der Waals surface area contributed by atoms with E-state index in [1.165, 1.54) is 0 Å². The molecule has 7 nitrogen and oxygen atoms in total. The molecular formula is C19H36N2O5. The van der Waals surface area contributed by atoms with Crippen LogP contribution < -0.4 is 10.6 Å². The minimum absolute atomic E-state index is 0.219. The number of hydrogen-bond donors (Lipinski definition) is 2. The maximum absolute atomic E-state index is 12.4. The lowest BCUT2D eigenvalue weighted by Gasteiger charge is -2.25. The third kappa shape index (κ3) is 13.5. The molecule has 0 aliphatic rings. The Kier molecular flexibility index (Phi) is 11.7. The number of esters is 1. The largest absolute Gasteiger partial charge is 0.463 e. The third-order valence-electron chi connectivity index (χ3n) is 3.34. The minimum Gasteiger partial charge on any atom is -0.463 e. The van der Waals surface area contributed by atoms with Gasteiger partial charge in [-0.25, -0.2) is 4.79 Å². The van der Waals surface area contributed by atoms with Crippen LogP contribution in [0.2, 0.25) is 0 Å². The van der Waals surface area contributed by atoms with Gasteiger partial charge in [-0.15, -0.1) is 0 Å². The first-order valence-corrected chi connectivity index (χ1v) is 9.50. The summed E-state index contributed by atoms with van der Waals surface area (Å²) < 4.78 is 10.2. The van der Waals surface area contributed by atoms with Crippen LogP contribution in [0.1, 0.15) is 80.1 Å². The summed E-state index contributed by atoms with van der Waals surface area (Å²) in [7, 11) is 0. The number of ether oxygens (including phenoxy) is 2. The zero-order chi connectivity index (χ0) is 20.2. The Morgan fingerprint density at radius 1 is 1.00 bits per heavy atom. The Balaban J connectivity index is 4.53. The molecule has 7 heteroatoms. The van der Waals surface area contributed by atoms with Gasteiger partial charge in [0.05, 0.1) is 6.10 Å². The first-order chi connectivity index (χ1) is 12.0. The fourth-order valence-electron chi connectivity index (χ4n) is 2.15. The summed E-state index contributed by atoms with van der Waals surface area (Å²) in [6.07, 6.45) is 4.43. The smallest absolute Gasteiger partial charge is 0.408 e. The van der Waals surface area contributed by atoms with E-state index in [0.717, 1.165) is 32.1 Å². The molecule has 0 radical (unpaired) electrons. The van der Waals surface area contributed by atoms with Crippen molar-refractivity contribution in [3.8, 4) is 0 Å². The van der Waals surface area contributed by atoms with Crippen molar-refractivity contribution in [2.75, 3.05) is 6.61 Å². The maximum Gasteiger partial charge on any atom is 0.408 e. The highest BCUT2D eigenvalue weighted by Gasteiger charge is 2.26. The molecule has 152 valence electrons. The van der Waals surface area contributed by atoms with E-state index < -0.39 is 23.6 Å². The predicted octanol–water partition coefficient (Wildman–Crippen LogP) is 3.31. The van der Waals surface area contributed by atoms with Crippen LogP contribution in [-0.4, -0.2) is 42.3 Å². The molecule has 0 aliphatic heterocycles. The van der Waals surface area contributed by atoms with Crippen LogP contribution in [0.25, 0.3) is 0 Å². The highest BCUT2D eigenvalue weighted by atomic mass is 16.6. The van der Waals surface area contributed by atoms with Crippen molar-refractivity contribution in [2.45, 2.75) is 97.8 Å². The molecule has 0 bridgehead atoms. The van der Waals surface area contributed by atoms with Crippen molar-refractivity contribution in [3.05, 3.63) is 0 Å². The maximum atomic E-state index is 12.4. The molecule has 0 aromatic heterocycles. The molecule has 0 spiro atoms. The fourth-order valence-corrected chi connectivity index (χ4v) is 2.15. The molecule has 2 amide bonds. The van der Waals surface area contributed by atoms with Gasteiger partial charge in [0.2, 0.25) is 5.91 Å². The van der Waals surface area contributed by atoms with Gasteiger partial charge in [0, 0.05) is 12.0 Å². The summed E-state index contributed by atoms with van der Waals surface area (Å²) in [4.78, 5) is 36.0. The van der Waals surface area contributed by atoms with Crippen LogP contribution in [0.5, 0.6) is 0 Å². The summed E-state index contributed by atoms with van der Waals surface area (Å²) in [6.45, 7) is 10.8. The summed E-state index contributed by atoms with van der Waals surface area (Å²) in [5, 5.41) is 5.23. The van der Waals surface area contributed by atoms with Gasteiger partial charge >= 0.3 is 12.1 Å². The van der Waals surface area contributed by atoms with Crippen LogP contribution in [0.4, 0.5) is 4.79 Å². The Labute approximate surface area is 157 Å². The monoisotopic (exact) mass is 372 g/mol. The molecule has 0 saturated heterocycles. The van der Waals surface area contributed by atoms with E-state index in [-0.39, 0.29) is 18.7 Å². The Bertz CT molecular complexity index is 444. The molecule has 2 N–H and O–H groups in total. The summed E-state index contributed by atoms with van der Waals surface area (Å²) in [5.41, 5.74) is -0.470. The SMILES string of the molecule is CCCCCCCC(=O)OC[C@H](NC(=O)OC(C)C)C(=O)NC(C)(C)C. The molecule has 0 heterocycles. The molecule has 0 aliphatic carbocycles. The van der Waals surface area contributed by atoms with Crippen molar-refractivity contribution in [2.24, 2.45) is 0 Å². The fraction of sp³-hybridized carbons (Fsp3) is 0.842. The Hall–Kier alpha value is -1.79. The molecule has 0 aromatic rings. The molecule has 0 rings (SSSR count). The van der Waals surface area contributed by atoms with Crippen LogP contribution in [-0.2, 0) is 19.1 Å². The van der Waals surface area contributed by atoms with Gasteiger partial charge in [0.1, 0.15) is 12.6 Å². The van der Waals surface area contributed by atoms with Crippen molar-refractivity contribution < 1.29 is 23.9 Å². The van der Waals surface area contributed by atoms with Crippen LogP contribution in [0, 0.1) is 0 Å². The Morgan fingerprint density at radius 3 is 2.15 bits per heavy atom. The molecule has 0 saturated carbocycles. The number of carbonyl (C=O) groups excluding carboxylic acids is 3. The van der Waals surface area contributed by atoms with Crippen molar-refractivity contribution in [3.63, 3.8) is 0 Å². The molecule has 26 heavy (non-hydrogen) atoms. The number of nitrogens with one attached hydrogen (secondary N) is 2. The van der Waals surface area contributed by atoms with Gasteiger partial charge < -0.3 is 20.1 Å². The average molecular weight is 373 g/mol. The number of alkyl carbamates (subject to hydrolysis) is 1. The molecule has 1 atom stereocenters. The second kappa shape index (κ2) is 12.5. The van der Waals surface area contributed by atoms with Gasteiger partial charge in [-0.1, -0.05) is 32.6 Å². The number of carbonyl (C=O) groups is 3. The van der Waals surface area contributed by atoms with Gasteiger partial charge in [-0.05, 0) is 41.0 Å². The highest BCUT2D eigenvalue weighted by Crippen LogP contribution is 2.06. The van der Waals surface area contributed by atoms with Crippen LogP contribution in [0.3, 0.4) is 0 Å². The van der Waals surface area contributed by atoms with Gasteiger partial charge in [-0.3, -0.25) is 9.59 Å². The van der Waals surface area contributed by atoms with Crippen molar-refractivity contribution >= 4 is 18.0 Å². The van der Waals surface area contributed by atoms with E-state index in [1.807, 2.05) is 20.8 Å². The topological polar surface area (TPSA) is 93.7 Å². The van der Waals surface area contributed by atoms with Gasteiger partial charge in [0.25, 0.3) is 0 Å². The zero-order valence-corrected chi connectivity index (χ0v) is 17.1. The highest BCUT2D eigenvalue weighted by molar-refractivity contribution is 5.86. The normalized spacial score (nSPS) is 12.4. The lowest BCUT2D eigenvalue weighted by molar-refractivity contribution is -0.145. The van der Waals surface area contributed by atoms with E-state index >= 15 is 0 Å². The number of hydrogen-bond acceptors (Lipinski definition) is 5. The van der Waals surface area contributed by atoms with E-state index in [0.29, 0.717) is 6.42 Å². The lowest BCUT2D eigenvalue weighted by atomic mass is 10.1. The number of unbranched alkanes of at least 4 members (excludes halogenated alkanes) is 4. The van der Waals surface area contributed by atoms with Crippen LogP contribution >= 0.6 is 0 Å². The Morgan fingerprint density at radius 2 is 1.62 bits per heavy atom. The van der Waals surface area contributed by atoms with Crippen molar-refractivity contribution in [1.29, 1.82) is 0 Å². The molecular weight excluding hydrogens is 336 g/mol. The lowest BCUT2D eigenvalue weighted by Crippen LogP contribution is -2.54. The standard InChI is InChI=1S/C19H36N2O5/c1-7-8-9-10-11-12-16(22)25-13-15(17(23)21-19(4,5)6)20-18(24)26-14(2)3/h14-15H,7-13H2,1-6H3,(H,20,24)(H,21,23)/t15-/m0/s1. The molecule has 0 unspecified atom stereocenters. The second-order valence-electron chi connectivity index (χ2n) is 7.74. The first-order valence-electron chi connectivity index (χ1n) is 9.50. The summed E-state index contributed by atoms with van der Waals surface area (Å²) in [5.74, 6) is -0.789. The summed E-state index contributed by atoms with van der Waals surface area (Å²) >= 11 is 0. The van der Waals surface area contributed by atoms with E-state index in [9.17, 15) is 14.4 Å². The first kappa shape index (κ1) is 24.2. The van der Waals surface area contributed by atoms with Gasteiger partial charge in [0.15, 0.2) is 0 Å². The summed E-state index contributed by atoms with van der Waals surface area (Å²) in [6, 6.07) is -0.996. The average Bonchev–Trinajstić information content (AvgIpc) is 2.48. The van der Waals surface area contributed by atoms with Gasteiger partial charge in [-0.2, -0.15) is 0 Å². The second-order valence-corrected chi connectivity index (χ2v) is 7.74. The quantitative estimate of drug-likeness (QED) is 0.429. The predicted molar refractivity (Wildman–Crippen MR) is 101 cm³/mol. The van der Waals surface area contributed by atoms with E-state index in [4.69, 9.17) is 9.47 Å². The third-order valence-corrected chi connectivity index (χ3v) is 3.34. The zero-order valence-electron chi connectivity index (χ0n) is 17.1. The molecule has 0 aromatic carbocycles. The van der Waals surface area contributed by atoms with E-state index in [1.54, 1.807) is 13.8 Å². The number of amides is 2. The van der Waals surface area contributed by atoms with E-state index in [2.05, 4.69) is 17.6 Å². The van der Waals surface area contributed by atoms with Crippen LogP contribution in [0.15, 0.2) is 0 Å². The minimum atomic E-state index is -0.996. The van der Waals surface area contributed by atoms with Crippen molar-refractivity contribution in [1.82, 2.24) is 10.6 Å². The number of rotatable bonds is 11.